The predicted molar refractivity (Wildman–Crippen MR) is 138 cm³/mol. The zero-order valence-corrected chi connectivity index (χ0v) is 21.4. The van der Waals surface area contributed by atoms with Gasteiger partial charge in [-0.25, -0.2) is 13.8 Å². The smallest absolute Gasteiger partial charge is 0.293 e. The van der Waals surface area contributed by atoms with E-state index in [1.54, 1.807) is 36.2 Å². The number of piperidine rings is 1. The maximum Gasteiger partial charge on any atom is 0.293 e. The van der Waals surface area contributed by atoms with E-state index in [0.29, 0.717) is 22.4 Å². The van der Waals surface area contributed by atoms with Crippen molar-refractivity contribution in [3.05, 3.63) is 45.8 Å². The summed E-state index contributed by atoms with van der Waals surface area (Å²) in [6.07, 6.45) is 1.41. The summed E-state index contributed by atoms with van der Waals surface area (Å²) in [5.41, 5.74) is 6.50. The number of aryl methyl sites for hydroxylation is 1. The summed E-state index contributed by atoms with van der Waals surface area (Å²) < 4.78 is 35.8. The van der Waals surface area contributed by atoms with E-state index in [1.165, 1.54) is 24.7 Å². The van der Waals surface area contributed by atoms with E-state index in [0.717, 1.165) is 0 Å². The van der Waals surface area contributed by atoms with Crippen LogP contribution in [0.2, 0.25) is 5.02 Å². The Morgan fingerprint density at radius 1 is 1.32 bits per heavy atom. The zero-order valence-electron chi connectivity index (χ0n) is 20.6. The van der Waals surface area contributed by atoms with E-state index in [4.69, 9.17) is 22.1 Å². The molecule has 10 nitrogen and oxygen atoms in total. The van der Waals surface area contributed by atoms with Crippen molar-refractivity contribution in [1.82, 2.24) is 19.9 Å². The number of nitrogens with two attached hydrogens (primary N) is 1. The molecule has 4 N–H and O–H groups in total. The molecular weight excluding hydrogens is 508 g/mol. The number of amides is 1. The maximum absolute atomic E-state index is 14.5. The van der Waals surface area contributed by atoms with Crippen LogP contribution in [0.3, 0.4) is 0 Å². The van der Waals surface area contributed by atoms with Gasteiger partial charge in [-0.05, 0) is 24.3 Å². The number of pyridine rings is 1. The summed E-state index contributed by atoms with van der Waals surface area (Å²) in [6, 6.07) is 6.82. The van der Waals surface area contributed by atoms with Crippen molar-refractivity contribution in [3.63, 3.8) is 0 Å². The molecule has 1 aliphatic heterocycles. The van der Waals surface area contributed by atoms with Gasteiger partial charge >= 0.3 is 0 Å². The molecule has 37 heavy (non-hydrogen) atoms. The minimum Gasteiger partial charge on any atom is -0.478 e. The second-order valence-electron chi connectivity index (χ2n) is 9.01. The Labute approximate surface area is 216 Å². The molecule has 4 rings (SSSR count). The number of halogens is 3. The SMILES string of the molecule is CNC(=O)COc1cc2cc(Nc3nc(N4C[C@H](CN)C(F)(F)[C@H](C)C4)ncc3Cl)ccc2n(C)c1=O. The third kappa shape index (κ3) is 5.30. The number of anilines is 3. The zero-order chi connectivity index (χ0) is 26.9. The number of fused-ring (bicyclic) bond motifs is 1. The van der Waals surface area contributed by atoms with Crippen molar-refractivity contribution in [2.45, 2.75) is 12.8 Å². The van der Waals surface area contributed by atoms with E-state index in [-0.39, 0.29) is 54.4 Å². The van der Waals surface area contributed by atoms with Crippen LogP contribution in [-0.2, 0) is 11.8 Å². The van der Waals surface area contributed by atoms with E-state index in [9.17, 15) is 18.4 Å². The van der Waals surface area contributed by atoms with Crippen LogP contribution in [-0.4, -0.2) is 59.7 Å². The van der Waals surface area contributed by atoms with E-state index in [1.807, 2.05) is 0 Å². The standard InChI is InChI=1S/C24H28ClF2N7O3/c1-13-10-34(11-15(8-28)24(13,26)27)23-30-9-17(25)21(32-23)31-16-4-5-18-14(6-16)7-19(22(36)33(18)3)37-12-20(35)29-2/h4-7,9,13,15H,8,10-12,28H2,1-3H3,(H,29,35)(H,30,31,32)/t13-,15+/m1/s1. The highest BCUT2D eigenvalue weighted by molar-refractivity contribution is 6.32. The number of nitrogens with zero attached hydrogens (tertiary/aromatic N) is 4. The lowest BCUT2D eigenvalue weighted by Gasteiger charge is -2.42. The van der Waals surface area contributed by atoms with Gasteiger partial charge in [0, 0.05) is 50.7 Å². The molecule has 3 heterocycles. The number of benzene rings is 1. The van der Waals surface area contributed by atoms with Crippen LogP contribution >= 0.6 is 11.6 Å². The number of hydrogen-bond acceptors (Lipinski definition) is 8. The molecule has 3 aromatic rings. The van der Waals surface area contributed by atoms with Crippen LogP contribution in [0.1, 0.15) is 6.92 Å². The Kier molecular flexibility index (Phi) is 7.51. The third-order valence-corrected chi connectivity index (χ3v) is 6.80. The van der Waals surface area contributed by atoms with Crippen molar-refractivity contribution >= 4 is 45.9 Å². The van der Waals surface area contributed by atoms with Gasteiger partial charge in [-0.3, -0.25) is 9.59 Å². The van der Waals surface area contributed by atoms with Crippen molar-refractivity contribution in [3.8, 4) is 5.75 Å². The van der Waals surface area contributed by atoms with Crippen LogP contribution in [0, 0.1) is 11.8 Å². The third-order valence-electron chi connectivity index (χ3n) is 6.53. The first-order chi connectivity index (χ1) is 17.5. The number of carbonyl (C=O) groups excluding carboxylic acids is 1. The van der Waals surface area contributed by atoms with Gasteiger partial charge in [0.15, 0.2) is 18.2 Å². The van der Waals surface area contributed by atoms with Gasteiger partial charge in [0.2, 0.25) is 5.95 Å². The molecular formula is C24H28ClF2N7O3. The lowest BCUT2D eigenvalue weighted by molar-refractivity contribution is -0.122. The first-order valence-electron chi connectivity index (χ1n) is 11.6. The molecule has 1 fully saturated rings. The molecule has 2 atom stereocenters. The van der Waals surface area contributed by atoms with Crippen molar-refractivity contribution < 1.29 is 18.3 Å². The topological polar surface area (TPSA) is 127 Å². The average molecular weight is 536 g/mol. The van der Waals surface area contributed by atoms with Gasteiger partial charge in [0.25, 0.3) is 17.4 Å². The highest BCUT2D eigenvalue weighted by Gasteiger charge is 2.49. The fraction of sp³-hybridized carbons (Fsp3) is 0.417. The molecule has 13 heteroatoms. The van der Waals surface area contributed by atoms with Crippen LogP contribution in [0.15, 0.2) is 35.3 Å². The second-order valence-corrected chi connectivity index (χ2v) is 9.42. The largest absolute Gasteiger partial charge is 0.478 e. The first kappa shape index (κ1) is 26.6. The predicted octanol–water partition coefficient (Wildman–Crippen LogP) is 2.52. The average Bonchev–Trinajstić information content (AvgIpc) is 2.87. The number of alkyl halides is 2. The van der Waals surface area contributed by atoms with E-state index in [2.05, 4.69) is 20.6 Å². The van der Waals surface area contributed by atoms with E-state index < -0.39 is 17.8 Å². The summed E-state index contributed by atoms with van der Waals surface area (Å²) in [5.74, 6) is -4.58. The Balaban J connectivity index is 1.62. The highest BCUT2D eigenvalue weighted by atomic mass is 35.5. The van der Waals surface area contributed by atoms with Crippen LogP contribution in [0.5, 0.6) is 5.75 Å². The number of carbonyl (C=O) groups is 1. The van der Waals surface area contributed by atoms with Crippen LogP contribution < -0.4 is 31.6 Å². The minimum absolute atomic E-state index is 0.0255. The lowest BCUT2D eigenvalue weighted by Crippen LogP contribution is -2.55. The molecule has 0 bridgehead atoms. The van der Waals surface area contributed by atoms with Crippen molar-refractivity contribution in [2.24, 2.45) is 24.6 Å². The van der Waals surface area contributed by atoms with Gasteiger partial charge in [-0.2, -0.15) is 4.98 Å². The number of nitrogens with one attached hydrogen (secondary N) is 2. The normalized spacial score (nSPS) is 19.1. The first-order valence-corrected chi connectivity index (χ1v) is 12.0. The van der Waals surface area contributed by atoms with Gasteiger partial charge in [-0.1, -0.05) is 18.5 Å². The molecule has 0 unspecified atom stereocenters. The lowest BCUT2D eigenvalue weighted by atomic mass is 9.86. The van der Waals surface area contributed by atoms with Gasteiger partial charge in [-0.15, -0.1) is 0 Å². The molecule has 1 aliphatic rings. The summed E-state index contributed by atoms with van der Waals surface area (Å²) in [6.45, 7) is 1.14. The van der Waals surface area contributed by atoms with Gasteiger partial charge < -0.3 is 30.6 Å². The fourth-order valence-electron chi connectivity index (χ4n) is 4.30. The Morgan fingerprint density at radius 3 is 2.78 bits per heavy atom. The highest BCUT2D eigenvalue weighted by Crippen LogP contribution is 2.38. The molecule has 0 radical (unpaired) electrons. The Bertz CT molecular complexity index is 1380. The maximum atomic E-state index is 14.5. The molecule has 1 aromatic carbocycles. The summed E-state index contributed by atoms with van der Waals surface area (Å²) in [5, 5.41) is 6.48. The summed E-state index contributed by atoms with van der Waals surface area (Å²) in [7, 11) is 3.08. The van der Waals surface area contributed by atoms with Gasteiger partial charge in [0.05, 0.1) is 17.6 Å². The molecule has 2 aromatic heterocycles. The van der Waals surface area contributed by atoms with Crippen molar-refractivity contribution in [1.29, 1.82) is 0 Å². The van der Waals surface area contributed by atoms with E-state index >= 15 is 0 Å². The number of likely N-dealkylation sites (N-methyl/N-ethyl adjacent to an activating group) is 1. The molecule has 198 valence electrons. The molecule has 0 saturated carbocycles. The summed E-state index contributed by atoms with van der Waals surface area (Å²) >= 11 is 6.34. The second kappa shape index (κ2) is 10.5. The van der Waals surface area contributed by atoms with Crippen LogP contribution in [0.25, 0.3) is 10.9 Å². The molecule has 0 aliphatic carbocycles. The van der Waals surface area contributed by atoms with Crippen molar-refractivity contribution in [2.75, 3.05) is 43.5 Å². The minimum atomic E-state index is -2.87. The Hall–Kier alpha value is -3.51. The van der Waals surface area contributed by atoms with Gasteiger partial charge in [0.1, 0.15) is 5.02 Å². The Morgan fingerprint density at radius 2 is 2.08 bits per heavy atom. The summed E-state index contributed by atoms with van der Waals surface area (Å²) in [4.78, 5) is 34.6. The quantitative estimate of drug-likeness (QED) is 0.421. The number of aromatic nitrogens is 3. The monoisotopic (exact) mass is 535 g/mol. The van der Waals surface area contributed by atoms with Crippen LogP contribution in [0.4, 0.5) is 26.2 Å². The fourth-order valence-corrected chi connectivity index (χ4v) is 4.43. The number of ether oxygens (including phenoxy) is 1. The molecule has 1 amide bonds. The molecule has 0 spiro atoms. The number of rotatable bonds is 7. The molecule has 1 saturated heterocycles. The number of hydrogen-bond donors (Lipinski definition) is 3.